The Hall–Kier alpha value is 0.250. The Kier molecular flexibility index (Phi) is 1.50. The second kappa shape index (κ2) is 1.89. The molecule has 0 bridgehead atoms. The Balaban J connectivity index is 2.17. The highest BCUT2D eigenvalue weighted by Gasteiger charge is 2.47. The molecular formula is C6H12ClN. The van der Waals surface area contributed by atoms with Crippen LogP contribution in [0.2, 0.25) is 0 Å². The Bertz CT molecular complexity index is 90.5. The van der Waals surface area contributed by atoms with E-state index < -0.39 is 0 Å². The number of hydrogen-bond donors (Lipinski definition) is 1. The Morgan fingerprint density at radius 3 is 2.50 bits per heavy atom. The van der Waals surface area contributed by atoms with Gasteiger partial charge in [-0.05, 0) is 32.9 Å². The predicted molar refractivity (Wildman–Crippen MR) is 36.3 cm³/mol. The molecule has 1 fully saturated rings. The first-order chi connectivity index (χ1) is 3.67. The third kappa shape index (κ3) is 1.15. The maximum Gasteiger partial charge on any atom is 0.0463 e. The average molecular weight is 134 g/mol. The van der Waals surface area contributed by atoms with Crippen LogP contribution in [0, 0.1) is 5.92 Å². The summed E-state index contributed by atoms with van der Waals surface area (Å²) in [6.45, 7) is 3.16. The van der Waals surface area contributed by atoms with Crippen LogP contribution in [0.4, 0.5) is 0 Å². The zero-order valence-corrected chi connectivity index (χ0v) is 6.13. The van der Waals surface area contributed by atoms with Crippen LogP contribution in [-0.2, 0) is 0 Å². The third-order valence-corrected chi connectivity index (χ3v) is 2.25. The lowest BCUT2D eigenvalue weighted by Gasteiger charge is -1.97. The minimum atomic E-state index is 0.128. The van der Waals surface area contributed by atoms with Crippen LogP contribution in [0.25, 0.3) is 0 Å². The molecular weight excluding hydrogens is 122 g/mol. The second-order valence-electron chi connectivity index (χ2n) is 2.74. The van der Waals surface area contributed by atoms with Gasteiger partial charge < -0.3 is 5.32 Å². The van der Waals surface area contributed by atoms with Gasteiger partial charge in [0, 0.05) is 4.87 Å². The fraction of sp³-hybridized carbons (Fsp3) is 1.00. The van der Waals surface area contributed by atoms with Crippen LogP contribution in [0.15, 0.2) is 0 Å². The van der Waals surface area contributed by atoms with Crippen molar-refractivity contribution in [1.82, 2.24) is 5.32 Å². The van der Waals surface area contributed by atoms with E-state index in [1.54, 1.807) is 0 Å². The summed E-state index contributed by atoms with van der Waals surface area (Å²) in [5.41, 5.74) is 0. The monoisotopic (exact) mass is 133 g/mol. The lowest BCUT2D eigenvalue weighted by atomic mass is 10.3. The summed E-state index contributed by atoms with van der Waals surface area (Å²) in [5, 5.41) is 3.10. The summed E-state index contributed by atoms with van der Waals surface area (Å²) in [6.07, 6.45) is 1.18. The first-order valence-electron chi connectivity index (χ1n) is 3.00. The molecule has 0 aliphatic heterocycles. The van der Waals surface area contributed by atoms with Gasteiger partial charge in [0.15, 0.2) is 0 Å². The van der Waals surface area contributed by atoms with Crippen molar-refractivity contribution in [3.63, 3.8) is 0 Å². The van der Waals surface area contributed by atoms with Crippen molar-refractivity contribution < 1.29 is 0 Å². The lowest BCUT2D eigenvalue weighted by molar-refractivity contribution is 0.685. The summed E-state index contributed by atoms with van der Waals surface area (Å²) in [7, 11) is 1.96. The van der Waals surface area contributed by atoms with Crippen molar-refractivity contribution in [3.8, 4) is 0 Å². The zero-order chi connectivity index (χ0) is 6.20. The van der Waals surface area contributed by atoms with Crippen LogP contribution in [-0.4, -0.2) is 18.5 Å². The quantitative estimate of drug-likeness (QED) is 0.559. The SMILES string of the molecule is CNCC1CC1(C)Cl. The molecule has 2 atom stereocenters. The van der Waals surface area contributed by atoms with Crippen molar-refractivity contribution in [2.24, 2.45) is 5.92 Å². The van der Waals surface area contributed by atoms with Gasteiger partial charge >= 0.3 is 0 Å². The highest BCUT2D eigenvalue weighted by molar-refractivity contribution is 6.25. The maximum absolute atomic E-state index is 5.95. The predicted octanol–water partition coefficient (Wildman–Crippen LogP) is 1.22. The molecule has 2 heteroatoms. The molecule has 0 spiro atoms. The van der Waals surface area contributed by atoms with Gasteiger partial charge in [-0.2, -0.15) is 0 Å². The molecule has 0 aromatic heterocycles. The van der Waals surface area contributed by atoms with Gasteiger partial charge in [-0.1, -0.05) is 0 Å². The van der Waals surface area contributed by atoms with E-state index in [0.29, 0.717) is 5.92 Å². The molecule has 1 aliphatic rings. The summed E-state index contributed by atoms with van der Waals surface area (Å²) in [6, 6.07) is 0. The molecule has 48 valence electrons. The smallest absolute Gasteiger partial charge is 0.0463 e. The Labute approximate surface area is 55.4 Å². The van der Waals surface area contributed by atoms with Crippen LogP contribution in [0.3, 0.4) is 0 Å². The van der Waals surface area contributed by atoms with Gasteiger partial charge in [0.05, 0.1) is 0 Å². The van der Waals surface area contributed by atoms with E-state index in [9.17, 15) is 0 Å². The van der Waals surface area contributed by atoms with E-state index in [4.69, 9.17) is 11.6 Å². The molecule has 0 amide bonds. The van der Waals surface area contributed by atoms with Gasteiger partial charge in [0.25, 0.3) is 0 Å². The molecule has 0 heterocycles. The van der Waals surface area contributed by atoms with Crippen LogP contribution >= 0.6 is 11.6 Å². The van der Waals surface area contributed by atoms with Crippen molar-refractivity contribution >= 4 is 11.6 Å². The summed E-state index contributed by atoms with van der Waals surface area (Å²) in [5.74, 6) is 0.717. The normalized spacial score (nSPS) is 44.6. The number of hydrogen-bond acceptors (Lipinski definition) is 1. The van der Waals surface area contributed by atoms with E-state index in [0.717, 1.165) is 6.54 Å². The number of rotatable bonds is 2. The number of nitrogens with one attached hydrogen (secondary N) is 1. The molecule has 0 aromatic rings. The van der Waals surface area contributed by atoms with Gasteiger partial charge in [0.1, 0.15) is 0 Å². The molecule has 2 unspecified atom stereocenters. The van der Waals surface area contributed by atoms with Crippen molar-refractivity contribution in [1.29, 1.82) is 0 Å². The average Bonchev–Trinajstić information content (AvgIpc) is 2.15. The summed E-state index contributed by atoms with van der Waals surface area (Å²) >= 11 is 5.95. The molecule has 0 aromatic carbocycles. The van der Waals surface area contributed by atoms with E-state index >= 15 is 0 Å². The summed E-state index contributed by atoms with van der Waals surface area (Å²) in [4.78, 5) is 0.128. The number of halogens is 1. The molecule has 0 radical (unpaired) electrons. The highest BCUT2D eigenvalue weighted by atomic mass is 35.5. The minimum Gasteiger partial charge on any atom is -0.319 e. The minimum absolute atomic E-state index is 0.128. The molecule has 1 rings (SSSR count). The van der Waals surface area contributed by atoms with Crippen LogP contribution in [0.1, 0.15) is 13.3 Å². The van der Waals surface area contributed by atoms with Crippen LogP contribution < -0.4 is 5.32 Å². The standard InChI is InChI=1S/C6H12ClN/c1-6(7)3-5(6)4-8-2/h5,8H,3-4H2,1-2H3. The van der Waals surface area contributed by atoms with E-state index in [-0.39, 0.29) is 4.87 Å². The molecule has 8 heavy (non-hydrogen) atoms. The molecule has 1 N–H and O–H groups in total. The third-order valence-electron chi connectivity index (χ3n) is 1.79. The van der Waals surface area contributed by atoms with E-state index in [1.807, 2.05) is 7.05 Å². The van der Waals surface area contributed by atoms with Crippen molar-refractivity contribution in [2.45, 2.75) is 18.2 Å². The molecule has 1 aliphatic carbocycles. The van der Waals surface area contributed by atoms with E-state index in [1.165, 1.54) is 6.42 Å². The van der Waals surface area contributed by atoms with E-state index in [2.05, 4.69) is 12.2 Å². The second-order valence-corrected chi connectivity index (χ2v) is 3.60. The fourth-order valence-electron chi connectivity index (χ4n) is 0.954. The summed E-state index contributed by atoms with van der Waals surface area (Å²) < 4.78 is 0. The maximum atomic E-state index is 5.95. The number of alkyl halides is 1. The van der Waals surface area contributed by atoms with Gasteiger partial charge in [0.2, 0.25) is 0 Å². The van der Waals surface area contributed by atoms with Crippen molar-refractivity contribution in [2.75, 3.05) is 13.6 Å². The molecule has 1 nitrogen and oxygen atoms in total. The van der Waals surface area contributed by atoms with Gasteiger partial charge in [-0.15, -0.1) is 11.6 Å². The van der Waals surface area contributed by atoms with Gasteiger partial charge in [-0.3, -0.25) is 0 Å². The first kappa shape index (κ1) is 6.37. The largest absolute Gasteiger partial charge is 0.319 e. The fourth-order valence-corrected chi connectivity index (χ4v) is 1.22. The Morgan fingerprint density at radius 2 is 2.38 bits per heavy atom. The first-order valence-corrected chi connectivity index (χ1v) is 3.38. The lowest BCUT2D eigenvalue weighted by Crippen LogP contribution is -2.13. The molecule has 0 saturated heterocycles. The zero-order valence-electron chi connectivity index (χ0n) is 5.37. The highest BCUT2D eigenvalue weighted by Crippen LogP contribution is 2.48. The van der Waals surface area contributed by atoms with Crippen LogP contribution in [0.5, 0.6) is 0 Å². The topological polar surface area (TPSA) is 12.0 Å². The molecule has 1 saturated carbocycles. The van der Waals surface area contributed by atoms with Crippen molar-refractivity contribution in [3.05, 3.63) is 0 Å². The van der Waals surface area contributed by atoms with Gasteiger partial charge in [-0.25, -0.2) is 0 Å². The Morgan fingerprint density at radius 1 is 1.88 bits per heavy atom.